The van der Waals surface area contributed by atoms with Crippen LogP contribution < -0.4 is 5.69 Å². The van der Waals surface area contributed by atoms with Crippen molar-refractivity contribution in [2.75, 3.05) is 0 Å². The van der Waals surface area contributed by atoms with Crippen molar-refractivity contribution in [3.8, 4) is 5.69 Å². The molecule has 0 spiro atoms. The highest BCUT2D eigenvalue weighted by atomic mass is 16.4. The zero-order chi connectivity index (χ0) is 14.9. The number of aromatic nitrogens is 3. The van der Waals surface area contributed by atoms with Gasteiger partial charge >= 0.3 is 11.7 Å². The third-order valence-electron chi connectivity index (χ3n) is 3.28. The largest absolute Gasteiger partial charge is 0.481 e. The van der Waals surface area contributed by atoms with Crippen LogP contribution in [0.15, 0.2) is 29.3 Å². The van der Waals surface area contributed by atoms with Crippen molar-refractivity contribution >= 4 is 5.97 Å². The van der Waals surface area contributed by atoms with E-state index in [1.165, 1.54) is 4.57 Å². The number of pyridine rings is 1. The first-order valence-electron chi connectivity index (χ1n) is 6.17. The number of hydrogen-bond acceptors (Lipinski definition) is 4. The predicted octanol–water partition coefficient (Wildman–Crippen LogP) is 1.43. The number of nitrogens with zero attached hydrogens (tertiary/aromatic N) is 3. The van der Waals surface area contributed by atoms with E-state index in [2.05, 4.69) is 9.97 Å². The molecule has 0 fully saturated rings. The molecule has 0 aromatic carbocycles. The molecule has 0 saturated carbocycles. The first kappa shape index (κ1) is 13.9. The molecular formula is C14H15N3O3. The zero-order valence-electron chi connectivity index (χ0n) is 11.5. The smallest absolute Gasteiger partial charge is 0.352 e. The summed E-state index contributed by atoms with van der Waals surface area (Å²) in [7, 11) is 0. The van der Waals surface area contributed by atoms with Crippen LogP contribution in [0.5, 0.6) is 0 Å². The fourth-order valence-corrected chi connectivity index (χ4v) is 2.32. The van der Waals surface area contributed by atoms with Gasteiger partial charge in [-0.1, -0.05) is 0 Å². The summed E-state index contributed by atoms with van der Waals surface area (Å²) in [5, 5.41) is 9.19. The van der Waals surface area contributed by atoms with Gasteiger partial charge in [-0.05, 0) is 32.9 Å². The minimum Gasteiger partial charge on any atom is -0.481 e. The van der Waals surface area contributed by atoms with Crippen LogP contribution in [0.4, 0.5) is 0 Å². The molecule has 0 aliphatic carbocycles. The first-order valence-corrected chi connectivity index (χ1v) is 6.17. The molecule has 1 unspecified atom stereocenters. The van der Waals surface area contributed by atoms with E-state index in [4.69, 9.17) is 0 Å². The highest BCUT2D eigenvalue weighted by Crippen LogP contribution is 2.22. The minimum atomic E-state index is -0.950. The van der Waals surface area contributed by atoms with Crippen molar-refractivity contribution in [3.63, 3.8) is 0 Å². The van der Waals surface area contributed by atoms with Crippen LogP contribution >= 0.6 is 0 Å². The molecule has 2 heterocycles. The number of carboxylic acids is 1. The summed E-state index contributed by atoms with van der Waals surface area (Å²) in [5.74, 6) is -1.68. The van der Waals surface area contributed by atoms with E-state index in [-0.39, 0.29) is 0 Å². The van der Waals surface area contributed by atoms with E-state index >= 15 is 0 Å². The van der Waals surface area contributed by atoms with Gasteiger partial charge in [0.1, 0.15) is 0 Å². The normalized spacial score (nSPS) is 12.2. The molecule has 0 saturated heterocycles. The molecule has 2 rings (SSSR count). The Balaban J connectivity index is 2.75. The van der Waals surface area contributed by atoms with E-state index in [9.17, 15) is 14.7 Å². The average molecular weight is 273 g/mol. The molecule has 0 bridgehead atoms. The van der Waals surface area contributed by atoms with E-state index in [0.29, 0.717) is 22.6 Å². The van der Waals surface area contributed by atoms with Crippen LogP contribution in [-0.2, 0) is 4.79 Å². The van der Waals surface area contributed by atoms with Crippen molar-refractivity contribution in [1.29, 1.82) is 0 Å². The maximum Gasteiger partial charge on any atom is 0.352 e. The maximum atomic E-state index is 12.1. The molecule has 1 N–H and O–H groups in total. The van der Waals surface area contributed by atoms with Crippen LogP contribution in [0, 0.1) is 13.8 Å². The summed E-state index contributed by atoms with van der Waals surface area (Å²) in [4.78, 5) is 31.2. The number of hydrogen-bond donors (Lipinski definition) is 1. The van der Waals surface area contributed by atoms with Gasteiger partial charge in [0.15, 0.2) is 0 Å². The molecule has 20 heavy (non-hydrogen) atoms. The lowest BCUT2D eigenvalue weighted by Gasteiger charge is -2.17. The maximum absolute atomic E-state index is 12.1. The summed E-state index contributed by atoms with van der Waals surface area (Å²) in [6, 6.07) is 3.44. The van der Waals surface area contributed by atoms with Gasteiger partial charge < -0.3 is 5.11 Å². The van der Waals surface area contributed by atoms with Gasteiger partial charge in [-0.2, -0.15) is 4.98 Å². The van der Waals surface area contributed by atoms with E-state index in [1.54, 1.807) is 45.3 Å². The topological polar surface area (TPSA) is 85.1 Å². The second-order valence-electron chi connectivity index (χ2n) is 4.59. The fourth-order valence-electron chi connectivity index (χ4n) is 2.32. The molecule has 2 aromatic heterocycles. The molecule has 0 aliphatic heterocycles. The zero-order valence-corrected chi connectivity index (χ0v) is 11.5. The Morgan fingerprint density at radius 2 is 2.10 bits per heavy atom. The molecule has 6 heteroatoms. The number of carboxylic acid groups (broad SMARTS) is 1. The van der Waals surface area contributed by atoms with Crippen LogP contribution in [0.3, 0.4) is 0 Å². The minimum absolute atomic E-state index is 0.436. The van der Waals surface area contributed by atoms with Crippen LogP contribution in [-0.4, -0.2) is 25.6 Å². The van der Waals surface area contributed by atoms with Gasteiger partial charge in [0.05, 0.1) is 17.8 Å². The number of aliphatic carboxylic acids is 1. The molecule has 0 radical (unpaired) electrons. The highest BCUT2D eigenvalue weighted by molar-refractivity contribution is 5.76. The predicted molar refractivity (Wildman–Crippen MR) is 73.2 cm³/mol. The summed E-state index contributed by atoms with van der Waals surface area (Å²) < 4.78 is 1.38. The molecule has 104 valence electrons. The van der Waals surface area contributed by atoms with Gasteiger partial charge in [0.25, 0.3) is 0 Å². The van der Waals surface area contributed by atoms with Gasteiger partial charge in [0, 0.05) is 23.1 Å². The lowest BCUT2D eigenvalue weighted by molar-refractivity contribution is -0.138. The van der Waals surface area contributed by atoms with E-state index < -0.39 is 17.6 Å². The standard InChI is InChI=1S/C14H15N3O3/c1-8(13(18)19)12-9(2)16-14(20)17(10(12)3)11-5-4-6-15-7-11/h4-8H,1-3H3,(H,18,19). The van der Waals surface area contributed by atoms with Crippen LogP contribution in [0.2, 0.25) is 0 Å². The van der Waals surface area contributed by atoms with Crippen LogP contribution in [0.1, 0.15) is 29.8 Å². The molecule has 0 amide bonds. The van der Waals surface area contributed by atoms with Gasteiger partial charge in [0.2, 0.25) is 0 Å². The summed E-state index contributed by atoms with van der Waals surface area (Å²) >= 11 is 0. The number of carbonyl (C=O) groups is 1. The first-order chi connectivity index (χ1) is 9.43. The summed E-state index contributed by atoms with van der Waals surface area (Å²) in [6.45, 7) is 4.95. The third-order valence-corrected chi connectivity index (χ3v) is 3.28. The summed E-state index contributed by atoms with van der Waals surface area (Å²) in [6.07, 6.45) is 3.15. The monoisotopic (exact) mass is 273 g/mol. The third kappa shape index (κ3) is 2.32. The second-order valence-corrected chi connectivity index (χ2v) is 4.59. The van der Waals surface area contributed by atoms with Gasteiger partial charge in [-0.3, -0.25) is 14.3 Å². The number of aryl methyl sites for hydroxylation is 1. The van der Waals surface area contributed by atoms with Crippen molar-refractivity contribution in [2.45, 2.75) is 26.7 Å². The lowest BCUT2D eigenvalue weighted by Crippen LogP contribution is -2.28. The Hall–Kier alpha value is -2.50. The Morgan fingerprint density at radius 3 is 2.65 bits per heavy atom. The van der Waals surface area contributed by atoms with E-state index in [0.717, 1.165) is 0 Å². The SMILES string of the molecule is Cc1nc(=O)n(-c2cccnc2)c(C)c1C(C)C(=O)O. The number of rotatable bonds is 3. The molecule has 0 aliphatic rings. The fraction of sp³-hybridized carbons (Fsp3) is 0.286. The lowest BCUT2D eigenvalue weighted by atomic mass is 9.98. The van der Waals surface area contributed by atoms with Crippen molar-refractivity contribution in [2.24, 2.45) is 0 Å². The molecule has 2 aromatic rings. The van der Waals surface area contributed by atoms with Crippen LogP contribution in [0.25, 0.3) is 5.69 Å². The molecule has 1 atom stereocenters. The molecule has 6 nitrogen and oxygen atoms in total. The van der Waals surface area contributed by atoms with E-state index in [1.807, 2.05) is 0 Å². The van der Waals surface area contributed by atoms with Crippen molar-refractivity contribution in [1.82, 2.24) is 14.5 Å². The Labute approximate surface area is 115 Å². The Bertz CT molecular complexity index is 708. The second kappa shape index (κ2) is 5.24. The van der Waals surface area contributed by atoms with Crippen molar-refractivity contribution in [3.05, 3.63) is 52.0 Å². The highest BCUT2D eigenvalue weighted by Gasteiger charge is 2.22. The molecular weight excluding hydrogens is 258 g/mol. The van der Waals surface area contributed by atoms with Gasteiger partial charge in [-0.15, -0.1) is 0 Å². The average Bonchev–Trinajstić information content (AvgIpc) is 2.39. The Kier molecular flexibility index (Phi) is 3.65. The van der Waals surface area contributed by atoms with Crippen molar-refractivity contribution < 1.29 is 9.90 Å². The quantitative estimate of drug-likeness (QED) is 0.914. The van der Waals surface area contributed by atoms with Gasteiger partial charge in [-0.25, -0.2) is 4.79 Å². The summed E-state index contributed by atoms with van der Waals surface area (Å²) in [5.41, 5.74) is 1.71. The Morgan fingerprint density at radius 1 is 1.40 bits per heavy atom.